The molecule has 1 aliphatic heterocycles. The van der Waals surface area contributed by atoms with Crippen LogP contribution in [-0.2, 0) is 12.4 Å². The molecule has 2 fully saturated rings. The van der Waals surface area contributed by atoms with E-state index in [1.807, 2.05) is 13.0 Å². The first-order valence-corrected chi connectivity index (χ1v) is 10.6. The van der Waals surface area contributed by atoms with Gasteiger partial charge in [-0.2, -0.15) is 26.3 Å². The summed E-state index contributed by atoms with van der Waals surface area (Å²) < 4.78 is 80.2. The van der Waals surface area contributed by atoms with Crippen molar-refractivity contribution in [2.24, 2.45) is 5.92 Å². The van der Waals surface area contributed by atoms with Crippen molar-refractivity contribution >= 4 is 11.7 Å². The van der Waals surface area contributed by atoms with Crippen LogP contribution in [0.15, 0.2) is 36.4 Å². The van der Waals surface area contributed by atoms with Gasteiger partial charge in [0.1, 0.15) is 11.5 Å². The first-order valence-electron chi connectivity index (χ1n) is 10.6. The molecule has 1 saturated heterocycles. The Labute approximate surface area is 187 Å². The van der Waals surface area contributed by atoms with Crippen molar-refractivity contribution < 1.29 is 31.1 Å². The molecule has 33 heavy (non-hydrogen) atoms. The molecule has 0 spiro atoms. The van der Waals surface area contributed by atoms with Gasteiger partial charge in [-0.15, -0.1) is 0 Å². The van der Waals surface area contributed by atoms with Crippen molar-refractivity contribution in [3.63, 3.8) is 0 Å². The van der Waals surface area contributed by atoms with Crippen molar-refractivity contribution in [3.8, 4) is 0 Å². The molecule has 2 heterocycles. The Bertz CT molecular complexity index is 1020. The number of fused-ring (bicyclic) bond motifs is 2. The zero-order valence-electron chi connectivity index (χ0n) is 18.0. The number of carbonyl (C=O) groups excluding carboxylic acids is 1. The summed E-state index contributed by atoms with van der Waals surface area (Å²) in [5.41, 5.74) is -1.57. The molecule has 1 amide bonds. The Kier molecular flexibility index (Phi) is 5.82. The molecule has 1 saturated carbocycles. The minimum atomic E-state index is -5.01. The van der Waals surface area contributed by atoms with Crippen LogP contribution in [0.5, 0.6) is 0 Å². The van der Waals surface area contributed by atoms with E-state index in [9.17, 15) is 31.1 Å². The summed E-state index contributed by atoms with van der Waals surface area (Å²) in [6.45, 7) is 2.03. The quantitative estimate of drug-likeness (QED) is 0.548. The molecular formula is C23H23F6N3O. The largest absolute Gasteiger partial charge is 0.433 e. The number of piperidine rings is 1. The van der Waals surface area contributed by atoms with Gasteiger partial charge in [0.25, 0.3) is 5.91 Å². The van der Waals surface area contributed by atoms with Crippen LogP contribution >= 0.6 is 0 Å². The number of rotatable bonds is 4. The lowest BCUT2D eigenvalue weighted by Gasteiger charge is -2.38. The van der Waals surface area contributed by atoms with E-state index in [4.69, 9.17) is 0 Å². The van der Waals surface area contributed by atoms with E-state index >= 15 is 0 Å². The number of nitrogens with zero attached hydrogens (tertiary/aromatic N) is 3. The van der Waals surface area contributed by atoms with Gasteiger partial charge in [-0.25, -0.2) is 4.98 Å². The molecule has 178 valence electrons. The van der Waals surface area contributed by atoms with E-state index in [0.717, 1.165) is 12.0 Å². The highest BCUT2D eigenvalue weighted by molar-refractivity contribution is 5.94. The molecule has 10 heteroatoms. The maximum Gasteiger partial charge on any atom is 0.433 e. The highest BCUT2D eigenvalue weighted by Crippen LogP contribution is 2.46. The average molecular weight is 471 g/mol. The molecule has 1 aromatic carbocycles. The first kappa shape index (κ1) is 23.4. The van der Waals surface area contributed by atoms with Crippen LogP contribution in [-0.4, -0.2) is 41.5 Å². The van der Waals surface area contributed by atoms with Crippen molar-refractivity contribution in [2.45, 2.75) is 50.6 Å². The number of hydrogen-bond donors (Lipinski definition) is 0. The van der Waals surface area contributed by atoms with E-state index in [1.54, 1.807) is 30.1 Å². The first-order chi connectivity index (χ1) is 15.3. The number of aryl methyl sites for hydroxylation is 1. The van der Waals surface area contributed by atoms with E-state index in [1.165, 1.54) is 4.90 Å². The van der Waals surface area contributed by atoms with Crippen LogP contribution in [0, 0.1) is 12.8 Å². The number of amides is 1. The van der Waals surface area contributed by atoms with Gasteiger partial charge in [-0.05, 0) is 56.4 Å². The Balaban J connectivity index is 1.66. The highest BCUT2D eigenvalue weighted by atomic mass is 19.4. The summed E-state index contributed by atoms with van der Waals surface area (Å²) in [4.78, 5) is 19.5. The van der Waals surface area contributed by atoms with Crippen LogP contribution < -0.4 is 4.90 Å². The number of carbonyl (C=O) groups is 1. The Morgan fingerprint density at radius 3 is 2.45 bits per heavy atom. The number of benzene rings is 1. The third kappa shape index (κ3) is 4.65. The number of pyridine rings is 1. The molecule has 2 bridgehead atoms. The van der Waals surface area contributed by atoms with E-state index in [2.05, 4.69) is 4.98 Å². The lowest BCUT2D eigenvalue weighted by molar-refractivity contribution is -0.145. The van der Waals surface area contributed by atoms with Crippen LogP contribution in [0.1, 0.15) is 46.4 Å². The smallest absolute Gasteiger partial charge is 0.349 e. The Morgan fingerprint density at radius 1 is 1.09 bits per heavy atom. The molecule has 1 aliphatic carbocycles. The summed E-state index contributed by atoms with van der Waals surface area (Å²) in [5.74, 6) is -0.534. The molecule has 2 aliphatic rings. The summed E-state index contributed by atoms with van der Waals surface area (Å²) in [7, 11) is 1.59. The predicted molar refractivity (Wildman–Crippen MR) is 110 cm³/mol. The molecule has 1 aromatic heterocycles. The van der Waals surface area contributed by atoms with Gasteiger partial charge < -0.3 is 9.80 Å². The van der Waals surface area contributed by atoms with Crippen LogP contribution in [0.4, 0.5) is 32.2 Å². The zero-order chi connectivity index (χ0) is 24.1. The lowest BCUT2D eigenvalue weighted by Crippen LogP contribution is -2.48. The van der Waals surface area contributed by atoms with Crippen LogP contribution in [0.3, 0.4) is 0 Å². The third-order valence-electron chi connectivity index (χ3n) is 6.51. The Hall–Kier alpha value is -2.78. The maximum atomic E-state index is 13.4. The molecular weight excluding hydrogens is 448 g/mol. The lowest BCUT2D eigenvalue weighted by atomic mass is 9.97. The monoisotopic (exact) mass is 471 g/mol. The minimum absolute atomic E-state index is 0.0419. The molecule has 0 unspecified atom stereocenters. The van der Waals surface area contributed by atoms with E-state index < -0.39 is 29.7 Å². The average Bonchev–Trinajstić information content (AvgIpc) is 3.33. The Morgan fingerprint density at radius 2 is 1.82 bits per heavy atom. The van der Waals surface area contributed by atoms with Gasteiger partial charge in [0.15, 0.2) is 0 Å². The second kappa shape index (κ2) is 8.22. The van der Waals surface area contributed by atoms with Crippen LogP contribution in [0.2, 0.25) is 0 Å². The third-order valence-corrected chi connectivity index (χ3v) is 6.51. The predicted octanol–water partition coefficient (Wildman–Crippen LogP) is 5.56. The standard InChI is InChI=1S/C23H23F6N3O/c1-13-4-3-5-15(8-13)21(33)31(2)12-18-14-6-7-17(9-14)32(18)20-11-16(22(24,25)26)10-19(30-20)23(27,28)29/h3-5,8,10-11,14,17-18H,6-7,9,12H2,1-2H3/t14-,17+,18+/m0/s1. The molecule has 3 atom stereocenters. The van der Waals surface area contributed by atoms with Crippen molar-refractivity contribution in [1.29, 1.82) is 0 Å². The maximum absolute atomic E-state index is 13.4. The van der Waals surface area contributed by atoms with E-state index in [0.29, 0.717) is 24.5 Å². The number of aromatic nitrogens is 1. The highest BCUT2D eigenvalue weighted by Gasteiger charge is 2.48. The number of hydrogen-bond acceptors (Lipinski definition) is 3. The summed E-state index contributed by atoms with van der Waals surface area (Å²) >= 11 is 0. The van der Waals surface area contributed by atoms with Gasteiger partial charge in [-0.1, -0.05) is 17.7 Å². The van der Waals surface area contributed by atoms with Crippen molar-refractivity contribution in [2.75, 3.05) is 18.5 Å². The van der Waals surface area contributed by atoms with Gasteiger partial charge >= 0.3 is 12.4 Å². The van der Waals surface area contributed by atoms with Crippen molar-refractivity contribution in [3.05, 3.63) is 58.8 Å². The minimum Gasteiger partial charge on any atom is -0.349 e. The van der Waals surface area contributed by atoms with Gasteiger partial charge in [0, 0.05) is 25.2 Å². The fraction of sp³-hybridized carbons (Fsp3) is 0.478. The summed E-state index contributed by atoms with van der Waals surface area (Å²) in [5, 5.41) is 0. The van der Waals surface area contributed by atoms with E-state index in [-0.39, 0.29) is 36.3 Å². The molecule has 0 radical (unpaired) electrons. The topological polar surface area (TPSA) is 36.4 Å². The fourth-order valence-corrected chi connectivity index (χ4v) is 5.00. The fourth-order valence-electron chi connectivity index (χ4n) is 5.00. The molecule has 4 rings (SSSR count). The number of halogens is 6. The summed E-state index contributed by atoms with van der Waals surface area (Å²) in [6, 6.07) is 7.12. The number of likely N-dealkylation sites (N-methyl/N-ethyl adjacent to an activating group) is 1. The van der Waals surface area contributed by atoms with Crippen LogP contribution in [0.25, 0.3) is 0 Å². The number of anilines is 1. The van der Waals surface area contributed by atoms with Crippen molar-refractivity contribution in [1.82, 2.24) is 9.88 Å². The molecule has 0 N–H and O–H groups in total. The summed E-state index contributed by atoms with van der Waals surface area (Å²) in [6.07, 6.45) is -7.83. The van der Waals surface area contributed by atoms with Gasteiger partial charge in [0.2, 0.25) is 0 Å². The second-order valence-electron chi connectivity index (χ2n) is 8.85. The number of alkyl halides is 6. The molecule has 4 nitrogen and oxygen atoms in total. The second-order valence-corrected chi connectivity index (χ2v) is 8.85. The van der Waals surface area contributed by atoms with Gasteiger partial charge in [-0.3, -0.25) is 4.79 Å². The molecule has 2 aromatic rings. The van der Waals surface area contributed by atoms with Gasteiger partial charge in [0.05, 0.1) is 11.6 Å². The normalized spacial score (nSPS) is 22.7. The SMILES string of the molecule is Cc1cccc(C(=O)N(C)C[C@@H]2[C@H]3CC[C@H](C3)N2c2cc(C(F)(F)F)cc(C(F)(F)F)n2)c1. The zero-order valence-corrected chi connectivity index (χ0v) is 18.0.